The summed E-state index contributed by atoms with van der Waals surface area (Å²) in [5.41, 5.74) is 0.446. The van der Waals surface area contributed by atoms with E-state index in [2.05, 4.69) is 20.9 Å². The van der Waals surface area contributed by atoms with Crippen molar-refractivity contribution < 1.29 is 9.59 Å². The normalized spacial score (nSPS) is 19.2. The summed E-state index contributed by atoms with van der Waals surface area (Å²) in [4.78, 5) is 28.0. The zero-order valence-corrected chi connectivity index (χ0v) is 10.9. The Morgan fingerprint density at radius 1 is 1.47 bits per heavy atom. The van der Waals surface area contributed by atoms with Gasteiger partial charge in [-0.25, -0.2) is 4.98 Å². The van der Waals surface area contributed by atoms with Gasteiger partial charge in [0.1, 0.15) is 11.9 Å². The second-order valence-electron chi connectivity index (χ2n) is 4.46. The minimum absolute atomic E-state index is 0.110. The van der Waals surface area contributed by atoms with E-state index in [1.54, 1.807) is 25.4 Å². The summed E-state index contributed by atoms with van der Waals surface area (Å²) in [7, 11) is 1.71. The molecule has 0 spiro atoms. The van der Waals surface area contributed by atoms with E-state index < -0.39 is 6.04 Å². The molecule has 102 valence electrons. The van der Waals surface area contributed by atoms with Crippen LogP contribution in [0.2, 0.25) is 0 Å². The van der Waals surface area contributed by atoms with Crippen molar-refractivity contribution in [3.63, 3.8) is 0 Å². The third-order valence-corrected chi connectivity index (χ3v) is 3.13. The number of aromatic nitrogens is 1. The minimum Gasteiger partial charge on any atom is -0.372 e. The minimum atomic E-state index is -0.458. The predicted octanol–water partition coefficient (Wildman–Crippen LogP) is 0.522. The molecule has 3 N–H and O–H groups in total. The molecular weight excluding hydrogens is 244 g/mol. The van der Waals surface area contributed by atoms with Crippen molar-refractivity contribution in [3.8, 4) is 0 Å². The van der Waals surface area contributed by atoms with Gasteiger partial charge in [0, 0.05) is 19.8 Å². The molecule has 19 heavy (non-hydrogen) atoms. The zero-order chi connectivity index (χ0) is 13.7. The van der Waals surface area contributed by atoms with Crippen molar-refractivity contribution in [2.24, 2.45) is 0 Å². The number of nitrogens with zero attached hydrogens (tertiary/aromatic N) is 1. The van der Waals surface area contributed by atoms with Crippen molar-refractivity contribution in [1.82, 2.24) is 15.6 Å². The number of amides is 2. The lowest BCUT2D eigenvalue weighted by molar-refractivity contribution is -0.122. The van der Waals surface area contributed by atoms with Crippen LogP contribution in [0.15, 0.2) is 18.3 Å². The summed E-state index contributed by atoms with van der Waals surface area (Å²) in [6.45, 7) is 0.680. The highest BCUT2D eigenvalue weighted by Crippen LogP contribution is 2.12. The van der Waals surface area contributed by atoms with E-state index in [9.17, 15) is 9.59 Å². The van der Waals surface area contributed by atoms with Crippen LogP contribution in [0.3, 0.4) is 0 Å². The van der Waals surface area contributed by atoms with Crippen molar-refractivity contribution >= 4 is 17.6 Å². The molecule has 1 aromatic heterocycles. The van der Waals surface area contributed by atoms with Gasteiger partial charge < -0.3 is 16.0 Å². The fourth-order valence-corrected chi connectivity index (χ4v) is 2.10. The molecule has 2 rings (SSSR count). The first-order valence-corrected chi connectivity index (χ1v) is 6.43. The van der Waals surface area contributed by atoms with Crippen LogP contribution in [-0.4, -0.2) is 36.4 Å². The van der Waals surface area contributed by atoms with E-state index >= 15 is 0 Å². The van der Waals surface area contributed by atoms with Crippen LogP contribution in [0.25, 0.3) is 0 Å². The molecule has 1 aliphatic heterocycles. The third-order valence-electron chi connectivity index (χ3n) is 3.13. The number of nitrogens with one attached hydrogen (secondary N) is 3. The van der Waals surface area contributed by atoms with Crippen LogP contribution < -0.4 is 16.0 Å². The standard InChI is InChI=1S/C13H18N4O2/c1-14-11-9(5-4-8-15-11)12(18)17-10-6-2-3-7-16-13(10)19/h4-5,8,10H,2-3,6-7H2,1H3,(H,14,15)(H,16,19)(H,17,18)/t10-/m0/s1. The second-order valence-corrected chi connectivity index (χ2v) is 4.46. The van der Waals surface area contributed by atoms with Gasteiger partial charge in [0.15, 0.2) is 0 Å². The molecule has 1 saturated heterocycles. The lowest BCUT2D eigenvalue weighted by Crippen LogP contribution is -2.45. The topological polar surface area (TPSA) is 83.1 Å². The van der Waals surface area contributed by atoms with Gasteiger partial charge in [0.05, 0.1) is 5.56 Å². The van der Waals surface area contributed by atoms with Gasteiger partial charge in [0.2, 0.25) is 5.91 Å². The van der Waals surface area contributed by atoms with Gasteiger partial charge in [-0.1, -0.05) is 0 Å². The Hall–Kier alpha value is -2.11. The van der Waals surface area contributed by atoms with Gasteiger partial charge in [0.25, 0.3) is 5.91 Å². The molecular formula is C13H18N4O2. The second kappa shape index (κ2) is 6.17. The van der Waals surface area contributed by atoms with E-state index in [1.807, 2.05) is 0 Å². The highest BCUT2D eigenvalue weighted by Gasteiger charge is 2.23. The highest BCUT2D eigenvalue weighted by molar-refractivity contribution is 6.01. The van der Waals surface area contributed by atoms with Crippen LogP contribution in [0.5, 0.6) is 0 Å². The molecule has 6 heteroatoms. The first-order valence-electron chi connectivity index (χ1n) is 6.43. The average Bonchev–Trinajstić information content (AvgIpc) is 2.64. The molecule has 2 amide bonds. The van der Waals surface area contributed by atoms with Gasteiger partial charge in [-0.15, -0.1) is 0 Å². The van der Waals surface area contributed by atoms with Crippen LogP contribution in [0.4, 0.5) is 5.82 Å². The SMILES string of the molecule is CNc1ncccc1C(=O)N[C@H]1CCCCNC1=O. The van der Waals surface area contributed by atoms with E-state index in [4.69, 9.17) is 0 Å². The van der Waals surface area contributed by atoms with Crippen LogP contribution in [0.1, 0.15) is 29.6 Å². The van der Waals surface area contributed by atoms with Crippen LogP contribution in [-0.2, 0) is 4.79 Å². The lowest BCUT2D eigenvalue weighted by atomic mass is 10.1. The number of hydrogen-bond acceptors (Lipinski definition) is 4. The predicted molar refractivity (Wildman–Crippen MR) is 71.9 cm³/mol. The number of anilines is 1. The molecule has 1 aliphatic rings. The Labute approximate surface area is 112 Å². The third kappa shape index (κ3) is 3.21. The number of pyridine rings is 1. The Morgan fingerprint density at radius 3 is 3.11 bits per heavy atom. The maximum absolute atomic E-state index is 12.2. The summed E-state index contributed by atoms with van der Waals surface area (Å²) in [6.07, 6.45) is 4.16. The fraction of sp³-hybridized carbons (Fsp3) is 0.462. The molecule has 2 heterocycles. The highest BCUT2D eigenvalue weighted by atomic mass is 16.2. The molecule has 0 saturated carbocycles. The Kier molecular flexibility index (Phi) is 4.33. The smallest absolute Gasteiger partial charge is 0.255 e. The van der Waals surface area contributed by atoms with E-state index in [0.29, 0.717) is 24.3 Å². The Bertz CT molecular complexity index is 475. The molecule has 0 aromatic carbocycles. The summed E-state index contributed by atoms with van der Waals surface area (Å²) in [6, 6.07) is 2.92. The van der Waals surface area contributed by atoms with Gasteiger partial charge in [-0.05, 0) is 31.4 Å². The monoisotopic (exact) mass is 262 g/mol. The van der Waals surface area contributed by atoms with Crippen molar-refractivity contribution in [2.75, 3.05) is 18.9 Å². The maximum atomic E-state index is 12.2. The summed E-state index contributed by atoms with van der Waals surface area (Å²) < 4.78 is 0. The molecule has 0 bridgehead atoms. The average molecular weight is 262 g/mol. The van der Waals surface area contributed by atoms with E-state index in [1.165, 1.54) is 0 Å². The molecule has 0 radical (unpaired) electrons. The maximum Gasteiger partial charge on any atom is 0.255 e. The first-order chi connectivity index (χ1) is 9.22. The largest absolute Gasteiger partial charge is 0.372 e. The van der Waals surface area contributed by atoms with Crippen molar-refractivity contribution in [1.29, 1.82) is 0 Å². The van der Waals surface area contributed by atoms with Gasteiger partial charge in [-0.3, -0.25) is 9.59 Å². The molecule has 0 unspecified atom stereocenters. The molecule has 6 nitrogen and oxygen atoms in total. The first kappa shape index (κ1) is 13.3. The zero-order valence-electron chi connectivity index (χ0n) is 10.9. The number of hydrogen-bond donors (Lipinski definition) is 3. The summed E-state index contributed by atoms with van der Waals surface area (Å²) in [5.74, 6) is 0.120. The molecule has 1 aromatic rings. The van der Waals surface area contributed by atoms with E-state index in [0.717, 1.165) is 12.8 Å². The lowest BCUT2D eigenvalue weighted by Gasteiger charge is -2.16. The summed E-state index contributed by atoms with van der Waals surface area (Å²) in [5, 5.41) is 8.43. The quantitative estimate of drug-likeness (QED) is 0.741. The van der Waals surface area contributed by atoms with Gasteiger partial charge >= 0.3 is 0 Å². The Morgan fingerprint density at radius 2 is 2.32 bits per heavy atom. The molecule has 1 fully saturated rings. The number of carbonyl (C=O) groups is 2. The molecule has 0 aliphatic carbocycles. The molecule has 1 atom stereocenters. The van der Waals surface area contributed by atoms with Crippen LogP contribution in [0, 0.1) is 0 Å². The van der Waals surface area contributed by atoms with Crippen molar-refractivity contribution in [2.45, 2.75) is 25.3 Å². The van der Waals surface area contributed by atoms with Crippen LogP contribution >= 0.6 is 0 Å². The summed E-state index contributed by atoms with van der Waals surface area (Å²) >= 11 is 0. The Balaban J connectivity index is 2.09. The van der Waals surface area contributed by atoms with E-state index in [-0.39, 0.29) is 11.8 Å². The van der Waals surface area contributed by atoms with Crippen molar-refractivity contribution in [3.05, 3.63) is 23.9 Å². The number of carbonyl (C=O) groups excluding carboxylic acids is 2. The number of rotatable bonds is 3. The van der Waals surface area contributed by atoms with Gasteiger partial charge in [-0.2, -0.15) is 0 Å². The fourth-order valence-electron chi connectivity index (χ4n) is 2.10.